The van der Waals surface area contributed by atoms with Gasteiger partial charge in [0.25, 0.3) is 0 Å². The minimum Gasteiger partial charge on any atom is -0.491 e. The van der Waals surface area contributed by atoms with Crippen molar-refractivity contribution in [3.05, 3.63) is 60.2 Å². The second-order valence-corrected chi connectivity index (χ2v) is 8.24. The van der Waals surface area contributed by atoms with Crippen LogP contribution >= 0.6 is 0 Å². The molecule has 10 nitrogen and oxygen atoms in total. The molecule has 0 amide bonds. The maximum atomic E-state index is 5.63. The summed E-state index contributed by atoms with van der Waals surface area (Å²) in [7, 11) is 0. The molecule has 0 radical (unpaired) electrons. The van der Waals surface area contributed by atoms with Crippen LogP contribution in [0.4, 0.5) is 5.69 Å². The van der Waals surface area contributed by atoms with Gasteiger partial charge in [-0.1, -0.05) is 30.3 Å². The van der Waals surface area contributed by atoms with E-state index in [0.29, 0.717) is 118 Å². The second kappa shape index (κ2) is 24.7. The highest BCUT2D eigenvalue weighted by molar-refractivity contribution is 5.41. The van der Waals surface area contributed by atoms with Crippen molar-refractivity contribution >= 4 is 5.69 Å². The normalized spacial score (nSPS) is 11.2. The molecular formula is C29H45NO9. The maximum Gasteiger partial charge on any atom is 0.119 e. The van der Waals surface area contributed by atoms with Gasteiger partial charge in [-0.05, 0) is 29.8 Å². The van der Waals surface area contributed by atoms with Crippen molar-refractivity contribution in [3.63, 3.8) is 0 Å². The fourth-order valence-electron chi connectivity index (χ4n) is 3.09. The topological polar surface area (TPSA) is 109 Å². The summed E-state index contributed by atoms with van der Waals surface area (Å²) in [6, 6.07) is 17.4. The molecule has 0 aromatic heterocycles. The Balaban J connectivity index is 1.17. The van der Waals surface area contributed by atoms with Gasteiger partial charge in [-0.2, -0.15) is 0 Å². The minimum absolute atomic E-state index is 0.480. The van der Waals surface area contributed by atoms with Crippen molar-refractivity contribution in [1.29, 1.82) is 0 Å². The Morgan fingerprint density at radius 3 is 1.15 bits per heavy atom. The molecule has 220 valence electrons. The van der Waals surface area contributed by atoms with Gasteiger partial charge in [0.1, 0.15) is 12.4 Å². The molecule has 2 N–H and O–H groups in total. The van der Waals surface area contributed by atoms with Crippen LogP contribution in [0.25, 0.3) is 0 Å². The van der Waals surface area contributed by atoms with Gasteiger partial charge in [-0.15, -0.1) is 0 Å². The van der Waals surface area contributed by atoms with Crippen LogP contribution in [0.5, 0.6) is 5.75 Å². The summed E-state index contributed by atoms with van der Waals surface area (Å²) in [6.45, 7) is 8.96. The van der Waals surface area contributed by atoms with Gasteiger partial charge in [-0.3, -0.25) is 0 Å². The van der Waals surface area contributed by atoms with E-state index < -0.39 is 0 Å². The number of nitrogens with two attached hydrogens (primary N) is 1. The first-order chi connectivity index (χ1) is 19.3. The van der Waals surface area contributed by atoms with Crippen LogP contribution in [0.3, 0.4) is 0 Å². The number of hydrogen-bond acceptors (Lipinski definition) is 10. The summed E-state index contributed by atoms with van der Waals surface area (Å²) in [6.07, 6.45) is 0. The summed E-state index contributed by atoms with van der Waals surface area (Å²) in [5.74, 6) is 0.775. The lowest BCUT2D eigenvalue weighted by atomic mass is 10.2. The van der Waals surface area contributed by atoms with E-state index in [1.807, 2.05) is 42.5 Å². The molecule has 2 rings (SSSR count). The van der Waals surface area contributed by atoms with Crippen LogP contribution in [-0.4, -0.2) is 106 Å². The molecule has 0 aliphatic heterocycles. The summed E-state index contributed by atoms with van der Waals surface area (Å²) < 4.78 is 49.4. The third-order valence-electron chi connectivity index (χ3n) is 5.09. The zero-order valence-corrected chi connectivity index (χ0v) is 23.0. The van der Waals surface area contributed by atoms with Crippen molar-refractivity contribution in [2.75, 3.05) is 111 Å². The molecule has 0 atom stereocenters. The van der Waals surface area contributed by atoms with Gasteiger partial charge < -0.3 is 48.4 Å². The first kappa shape index (κ1) is 32.9. The maximum absolute atomic E-state index is 5.63. The van der Waals surface area contributed by atoms with Gasteiger partial charge in [0.2, 0.25) is 0 Å². The standard InChI is InChI=1S/C29H45NO9/c30-28-6-8-29(9-7-28)39-25-24-37-21-20-35-17-16-33-13-12-31-10-11-32-14-15-34-18-19-36-22-23-38-26-27-4-2-1-3-5-27/h1-9H,10-26,30H2. The summed E-state index contributed by atoms with van der Waals surface area (Å²) in [5, 5.41) is 0. The number of anilines is 1. The highest BCUT2D eigenvalue weighted by Gasteiger charge is 1.97. The lowest BCUT2D eigenvalue weighted by molar-refractivity contribution is -0.0240. The van der Waals surface area contributed by atoms with Crippen LogP contribution < -0.4 is 10.5 Å². The van der Waals surface area contributed by atoms with Crippen LogP contribution in [0.2, 0.25) is 0 Å². The number of benzene rings is 2. The molecule has 0 aliphatic carbocycles. The zero-order valence-electron chi connectivity index (χ0n) is 23.0. The third-order valence-corrected chi connectivity index (χ3v) is 5.09. The van der Waals surface area contributed by atoms with Gasteiger partial charge in [0.15, 0.2) is 0 Å². The van der Waals surface area contributed by atoms with E-state index in [0.717, 1.165) is 11.3 Å². The van der Waals surface area contributed by atoms with Crippen LogP contribution in [0, 0.1) is 0 Å². The zero-order chi connectivity index (χ0) is 27.5. The van der Waals surface area contributed by atoms with Gasteiger partial charge in [0.05, 0.1) is 106 Å². The first-order valence-corrected chi connectivity index (χ1v) is 13.5. The molecule has 0 spiro atoms. The Morgan fingerprint density at radius 1 is 0.385 bits per heavy atom. The second-order valence-electron chi connectivity index (χ2n) is 8.24. The average Bonchev–Trinajstić information content (AvgIpc) is 2.96. The molecule has 0 saturated heterocycles. The highest BCUT2D eigenvalue weighted by Crippen LogP contribution is 2.12. The first-order valence-electron chi connectivity index (χ1n) is 13.5. The molecule has 0 bridgehead atoms. The van der Waals surface area contributed by atoms with Crippen molar-refractivity contribution in [3.8, 4) is 5.75 Å². The monoisotopic (exact) mass is 551 g/mol. The largest absolute Gasteiger partial charge is 0.491 e. The SMILES string of the molecule is Nc1ccc(OCCOCCOCCOCCOCCOCCOCCOCCOCc2ccccc2)cc1. The Kier molecular flexibility index (Phi) is 20.9. The van der Waals surface area contributed by atoms with Crippen molar-refractivity contribution in [1.82, 2.24) is 0 Å². The lowest BCUT2D eigenvalue weighted by Crippen LogP contribution is -2.15. The van der Waals surface area contributed by atoms with Crippen molar-refractivity contribution < 1.29 is 42.6 Å². The van der Waals surface area contributed by atoms with E-state index >= 15 is 0 Å². The molecule has 2 aromatic rings. The molecule has 0 aliphatic rings. The molecular weight excluding hydrogens is 506 g/mol. The average molecular weight is 552 g/mol. The molecule has 0 saturated carbocycles. The Bertz CT molecular complexity index is 780. The smallest absolute Gasteiger partial charge is 0.119 e. The Morgan fingerprint density at radius 2 is 0.744 bits per heavy atom. The molecule has 39 heavy (non-hydrogen) atoms. The summed E-state index contributed by atoms with van der Waals surface area (Å²) in [4.78, 5) is 0. The van der Waals surface area contributed by atoms with Crippen LogP contribution in [0.15, 0.2) is 54.6 Å². The lowest BCUT2D eigenvalue weighted by Gasteiger charge is -2.09. The molecule has 10 heteroatoms. The van der Waals surface area contributed by atoms with Crippen molar-refractivity contribution in [2.24, 2.45) is 0 Å². The van der Waals surface area contributed by atoms with Crippen LogP contribution in [-0.2, 0) is 44.5 Å². The van der Waals surface area contributed by atoms with Crippen molar-refractivity contribution in [2.45, 2.75) is 6.61 Å². The van der Waals surface area contributed by atoms with E-state index in [9.17, 15) is 0 Å². The van der Waals surface area contributed by atoms with E-state index in [4.69, 9.17) is 48.4 Å². The van der Waals surface area contributed by atoms with E-state index in [-0.39, 0.29) is 0 Å². The molecule has 0 heterocycles. The Hall–Kier alpha value is -2.28. The number of nitrogen functional groups attached to an aromatic ring is 1. The highest BCUT2D eigenvalue weighted by atomic mass is 16.6. The fourth-order valence-corrected chi connectivity index (χ4v) is 3.09. The third kappa shape index (κ3) is 20.3. The van der Waals surface area contributed by atoms with E-state index in [2.05, 4.69) is 0 Å². The quantitative estimate of drug-likeness (QED) is 0.131. The number of ether oxygens (including phenoxy) is 9. The minimum atomic E-state index is 0.480. The van der Waals surface area contributed by atoms with Gasteiger partial charge in [0, 0.05) is 5.69 Å². The van der Waals surface area contributed by atoms with E-state index in [1.165, 1.54) is 0 Å². The van der Waals surface area contributed by atoms with Gasteiger partial charge >= 0.3 is 0 Å². The van der Waals surface area contributed by atoms with E-state index in [1.54, 1.807) is 12.1 Å². The van der Waals surface area contributed by atoms with Crippen LogP contribution in [0.1, 0.15) is 5.56 Å². The molecule has 2 aromatic carbocycles. The molecule has 0 unspecified atom stereocenters. The summed E-state index contributed by atoms with van der Waals surface area (Å²) in [5.41, 5.74) is 7.51. The molecule has 0 fully saturated rings. The predicted molar refractivity (Wildman–Crippen MR) is 148 cm³/mol. The Labute approximate surface area is 232 Å². The predicted octanol–water partition coefficient (Wildman–Crippen LogP) is 2.98. The number of hydrogen-bond donors (Lipinski definition) is 1. The fraction of sp³-hybridized carbons (Fsp3) is 0.586. The summed E-state index contributed by atoms with van der Waals surface area (Å²) >= 11 is 0. The van der Waals surface area contributed by atoms with Gasteiger partial charge in [-0.25, -0.2) is 0 Å². The number of rotatable bonds is 27.